The first kappa shape index (κ1) is 11.5. The predicted molar refractivity (Wildman–Crippen MR) is 57.8 cm³/mol. The molecule has 1 saturated carbocycles. The molecule has 1 rings (SSSR count). The first-order chi connectivity index (χ1) is 6.59. The van der Waals surface area contributed by atoms with Crippen LogP contribution in [0.25, 0.3) is 0 Å². The summed E-state index contributed by atoms with van der Waals surface area (Å²) < 4.78 is 0. The van der Waals surface area contributed by atoms with Gasteiger partial charge < -0.3 is 11.1 Å². The minimum atomic E-state index is -0.379. The third kappa shape index (κ3) is 3.66. The Hall–Kier alpha value is -0.570. The number of hydrogen-bond acceptors (Lipinski definition) is 2. The number of rotatable bonds is 3. The van der Waals surface area contributed by atoms with E-state index in [-0.39, 0.29) is 11.9 Å². The van der Waals surface area contributed by atoms with Gasteiger partial charge in [-0.3, -0.25) is 4.79 Å². The van der Waals surface area contributed by atoms with E-state index < -0.39 is 0 Å². The lowest BCUT2D eigenvalue weighted by molar-refractivity contribution is -0.122. The Kier molecular flexibility index (Phi) is 4.39. The molecule has 0 aromatic rings. The summed E-state index contributed by atoms with van der Waals surface area (Å²) in [5.41, 5.74) is 5.47. The molecule has 82 valence electrons. The quantitative estimate of drug-likeness (QED) is 0.717. The summed E-state index contributed by atoms with van der Waals surface area (Å²) >= 11 is 0. The van der Waals surface area contributed by atoms with Gasteiger partial charge in [0.25, 0.3) is 0 Å². The number of nitrogens with one attached hydrogen (secondary N) is 1. The van der Waals surface area contributed by atoms with Crippen molar-refractivity contribution in [3.63, 3.8) is 0 Å². The van der Waals surface area contributed by atoms with Crippen molar-refractivity contribution in [1.82, 2.24) is 5.32 Å². The molecule has 0 spiro atoms. The molecule has 1 aliphatic carbocycles. The molecule has 1 amide bonds. The lowest BCUT2D eigenvalue weighted by Gasteiger charge is -2.26. The number of nitrogens with two attached hydrogens (primary N) is 1. The second-order valence-corrected chi connectivity index (χ2v) is 4.67. The van der Waals surface area contributed by atoms with Gasteiger partial charge in [0.2, 0.25) is 5.91 Å². The zero-order valence-corrected chi connectivity index (χ0v) is 9.25. The Morgan fingerprint density at radius 2 is 2.29 bits per heavy atom. The zero-order chi connectivity index (χ0) is 10.6. The van der Waals surface area contributed by atoms with Crippen LogP contribution in [0.4, 0.5) is 0 Å². The van der Waals surface area contributed by atoms with Crippen molar-refractivity contribution in [3.05, 3.63) is 0 Å². The highest BCUT2D eigenvalue weighted by atomic mass is 16.2. The first-order valence-corrected chi connectivity index (χ1v) is 5.63. The number of hydrogen-bond donors (Lipinski definition) is 2. The summed E-state index contributed by atoms with van der Waals surface area (Å²) in [6.07, 6.45) is 5.15. The number of amides is 1. The molecule has 0 heterocycles. The van der Waals surface area contributed by atoms with Crippen LogP contribution in [0.5, 0.6) is 0 Å². The van der Waals surface area contributed by atoms with Gasteiger partial charge in [-0.05, 0) is 31.6 Å². The first-order valence-electron chi connectivity index (χ1n) is 5.63. The van der Waals surface area contributed by atoms with Gasteiger partial charge in [0, 0.05) is 6.54 Å². The third-order valence-corrected chi connectivity index (χ3v) is 3.02. The smallest absolute Gasteiger partial charge is 0.236 e. The maximum Gasteiger partial charge on any atom is 0.236 e. The van der Waals surface area contributed by atoms with Crippen LogP contribution in [0.2, 0.25) is 0 Å². The van der Waals surface area contributed by atoms with Crippen molar-refractivity contribution in [2.45, 2.75) is 45.6 Å². The zero-order valence-electron chi connectivity index (χ0n) is 9.25. The average molecular weight is 198 g/mol. The summed E-state index contributed by atoms with van der Waals surface area (Å²) in [4.78, 5) is 11.2. The molecule has 0 radical (unpaired) electrons. The van der Waals surface area contributed by atoms with E-state index in [2.05, 4.69) is 12.2 Å². The highest BCUT2D eigenvalue weighted by Crippen LogP contribution is 2.27. The summed E-state index contributed by atoms with van der Waals surface area (Å²) in [5, 5.41) is 2.91. The largest absolute Gasteiger partial charge is 0.354 e. The minimum absolute atomic E-state index is 0.0248. The van der Waals surface area contributed by atoms with Crippen LogP contribution >= 0.6 is 0 Å². The summed E-state index contributed by atoms with van der Waals surface area (Å²) in [6, 6.07) is -0.379. The normalized spacial score (nSPS) is 29.6. The topological polar surface area (TPSA) is 55.1 Å². The van der Waals surface area contributed by atoms with Gasteiger partial charge in [-0.2, -0.15) is 0 Å². The van der Waals surface area contributed by atoms with Gasteiger partial charge >= 0.3 is 0 Å². The number of carbonyl (C=O) groups excluding carboxylic acids is 1. The fourth-order valence-corrected chi connectivity index (χ4v) is 2.15. The van der Waals surface area contributed by atoms with Crippen LogP contribution in [-0.2, 0) is 4.79 Å². The Balaban J connectivity index is 2.20. The Morgan fingerprint density at radius 3 is 2.86 bits per heavy atom. The molecule has 3 nitrogen and oxygen atoms in total. The van der Waals surface area contributed by atoms with E-state index in [9.17, 15) is 4.79 Å². The highest BCUT2D eigenvalue weighted by Gasteiger charge is 2.19. The molecule has 0 saturated heterocycles. The second kappa shape index (κ2) is 5.35. The van der Waals surface area contributed by atoms with Crippen molar-refractivity contribution >= 4 is 5.91 Å². The third-order valence-electron chi connectivity index (χ3n) is 3.02. The van der Waals surface area contributed by atoms with Crippen molar-refractivity contribution < 1.29 is 4.79 Å². The van der Waals surface area contributed by atoms with Crippen LogP contribution in [0, 0.1) is 11.8 Å². The van der Waals surface area contributed by atoms with E-state index in [1.807, 2.05) is 0 Å². The molecule has 0 aliphatic heterocycles. The Labute approximate surface area is 86.4 Å². The lowest BCUT2D eigenvalue weighted by Crippen LogP contribution is -2.41. The molecular formula is C11H22N2O. The molecular weight excluding hydrogens is 176 g/mol. The SMILES string of the molecule is CC1CCCC(CNC(=O)[C@@H](C)N)C1. The summed E-state index contributed by atoms with van der Waals surface area (Å²) in [5.74, 6) is 1.46. The Bertz CT molecular complexity index is 192. The van der Waals surface area contributed by atoms with Crippen LogP contribution < -0.4 is 11.1 Å². The summed E-state index contributed by atoms with van der Waals surface area (Å²) in [7, 11) is 0. The van der Waals surface area contributed by atoms with Crippen molar-refractivity contribution in [1.29, 1.82) is 0 Å². The predicted octanol–water partition coefficient (Wildman–Crippen LogP) is 1.28. The van der Waals surface area contributed by atoms with Crippen LogP contribution in [-0.4, -0.2) is 18.5 Å². The molecule has 14 heavy (non-hydrogen) atoms. The number of carbonyl (C=O) groups is 1. The van der Waals surface area contributed by atoms with Crippen LogP contribution in [0.3, 0.4) is 0 Å². The van der Waals surface area contributed by atoms with Crippen LogP contribution in [0.15, 0.2) is 0 Å². The highest BCUT2D eigenvalue weighted by molar-refractivity contribution is 5.80. The average Bonchev–Trinajstić information content (AvgIpc) is 2.14. The standard InChI is InChI=1S/C11H22N2O/c1-8-4-3-5-10(6-8)7-13-11(14)9(2)12/h8-10H,3-7,12H2,1-2H3,(H,13,14)/t8?,9-,10?/m1/s1. The fraction of sp³-hybridized carbons (Fsp3) is 0.909. The minimum Gasteiger partial charge on any atom is -0.354 e. The van der Waals surface area contributed by atoms with E-state index in [0.717, 1.165) is 12.5 Å². The van der Waals surface area contributed by atoms with Gasteiger partial charge in [-0.1, -0.05) is 19.8 Å². The molecule has 3 heteroatoms. The molecule has 3 atom stereocenters. The lowest BCUT2D eigenvalue weighted by atomic mass is 9.82. The molecule has 3 N–H and O–H groups in total. The Morgan fingerprint density at radius 1 is 1.57 bits per heavy atom. The van der Waals surface area contributed by atoms with Crippen molar-refractivity contribution in [2.75, 3.05) is 6.54 Å². The maximum atomic E-state index is 11.2. The molecule has 0 aromatic heterocycles. The van der Waals surface area contributed by atoms with E-state index in [1.54, 1.807) is 6.92 Å². The van der Waals surface area contributed by atoms with Gasteiger partial charge in [-0.15, -0.1) is 0 Å². The van der Waals surface area contributed by atoms with E-state index in [1.165, 1.54) is 25.7 Å². The molecule has 0 aromatic carbocycles. The molecule has 1 fully saturated rings. The molecule has 0 bridgehead atoms. The fourth-order valence-electron chi connectivity index (χ4n) is 2.15. The van der Waals surface area contributed by atoms with Gasteiger partial charge in [-0.25, -0.2) is 0 Å². The second-order valence-electron chi connectivity index (χ2n) is 4.67. The van der Waals surface area contributed by atoms with Gasteiger partial charge in [0.05, 0.1) is 6.04 Å². The van der Waals surface area contributed by atoms with E-state index in [4.69, 9.17) is 5.73 Å². The molecule has 2 unspecified atom stereocenters. The monoisotopic (exact) mass is 198 g/mol. The van der Waals surface area contributed by atoms with Gasteiger partial charge in [0.1, 0.15) is 0 Å². The molecule has 1 aliphatic rings. The maximum absolute atomic E-state index is 11.2. The van der Waals surface area contributed by atoms with Gasteiger partial charge in [0.15, 0.2) is 0 Å². The van der Waals surface area contributed by atoms with Crippen molar-refractivity contribution in [2.24, 2.45) is 17.6 Å². The van der Waals surface area contributed by atoms with Crippen LogP contribution in [0.1, 0.15) is 39.5 Å². The van der Waals surface area contributed by atoms with E-state index in [0.29, 0.717) is 5.92 Å². The summed E-state index contributed by atoms with van der Waals surface area (Å²) in [6.45, 7) is 4.82. The van der Waals surface area contributed by atoms with Crippen molar-refractivity contribution in [3.8, 4) is 0 Å². The van der Waals surface area contributed by atoms with E-state index >= 15 is 0 Å².